The van der Waals surface area contributed by atoms with E-state index in [1.807, 2.05) is 84.9 Å². The summed E-state index contributed by atoms with van der Waals surface area (Å²) in [6.07, 6.45) is 1.27. The zero-order valence-electron chi connectivity index (χ0n) is 20.5. The highest BCUT2D eigenvalue weighted by atomic mass is 16.5. The molecule has 0 radical (unpaired) electrons. The third-order valence-electron chi connectivity index (χ3n) is 5.86. The zero-order chi connectivity index (χ0) is 26.0. The highest BCUT2D eigenvalue weighted by Gasteiger charge is 2.27. The number of aromatic nitrogens is 1. The Hall–Kier alpha value is -4.59. The summed E-state index contributed by atoms with van der Waals surface area (Å²) < 4.78 is 10.7. The van der Waals surface area contributed by atoms with Gasteiger partial charge in [-0.05, 0) is 29.7 Å². The molecular formula is C29H29N3O5. The fourth-order valence-corrected chi connectivity index (χ4v) is 3.86. The number of esters is 1. The molecule has 0 aliphatic rings. The van der Waals surface area contributed by atoms with Gasteiger partial charge < -0.3 is 25.1 Å². The van der Waals surface area contributed by atoms with Gasteiger partial charge in [-0.3, -0.25) is 4.79 Å². The first kappa shape index (κ1) is 25.5. The quantitative estimate of drug-likeness (QED) is 0.283. The first-order valence-corrected chi connectivity index (χ1v) is 12.0. The molecule has 8 nitrogen and oxygen atoms in total. The Morgan fingerprint density at radius 3 is 2.05 bits per heavy atom. The second-order valence-corrected chi connectivity index (χ2v) is 8.65. The number of alkyl carbamates (subject to hydrolysis) is 1. The monoisotopic (exact) mass is 499 g/mol. The summed E-state index contributed by atoms with van der Waals surface area (Å²) in [4.78, 5) is 41.5. The van der Waals surface area contributed by atoms with E-state index in [2.05, 4.69) is 15.6 Å². The van der Waals surface area contributed by atoms with Gasteiger partial charge in [0, 0.05) is 23.5 Å². The predicted octanol–water partition coefficient (Wildman–Crippen LogP) is 4.25. The van der Waals surface area contributed by atoms with Gasteiger partial charge in [-0.1, -0.05) is 78.9 Å². The molecule has 2 amide bonds. The van der Waals surface area contributed by atoms with E-state index in [1.165, 1.54) is 0 Å². The molecule has 3 aromatic carbocycles. The number of carbonyl (C=O) groups excluding carboxylic acids is 3. The van der Waals surface area contributed by atoms with Gasteiger partial charge in [0.25, 0.3) is 0 Å². The summed E-state index contributed by atoms with van der Waals surface area (Å²) >= 11 is 0. The first-order chi connectivity index (χ1) is 18.0. The van der Waals surface area contributed by atoms with Crippen LogP contribution in [0.15, 0.2) is 91.1 Å². The summed E-state index contributed by atoms with van der Waals surface area (Å²) in [5.41, 5.74) is 3.43. The molecule has 8 heteroatoms. The van der Waals surface area contributed by atoms with Crippen molar-refractivity contribution in [2.45, 2.75) is 38.6 Å². The lowest BCUT2D eigenvalue weighted by molar-refractivity contribution is -0.148. The third kappa shape index (κ3) is 7.20. The number of fused-ring (bicyclic) bond motifs is 1. The van der Waals surface area contributed by atoms with Crippen LogP contribution in [0.5, 0.6) is 0 Å². The molecular weight excluding hydrogens is 470 g/mol. The Kier molecular flexibility index (Phi) is 8.54. The number of carbonyl (C=O) groups is 3. The average Bonchev–Trinajstić information content (AvgIpc) is 3.34. The Morgan fingerprint density at radius 2 is 1.38 bits per heavy atom. The SMILES string of the molecule is C[C@@H](NC(=O)[C@H](Cc1c[nH]c2ccccc12)NC(=O)OCc1ccccc1)C(=O)OCc1ccccc1. The van der Waals surface area contributed by atoms with Crippen LogP contribution >= 0.6 is 0 Å². The number of H-pyrrole nitrogens is 1. The van der Waals surface area contributed by atoms with Crippen LogP contribution in [0.25, 0.3) is 10.9 Å². The molecule has 1 aromatic heterocycles. The molecule has 0 saturated heterocycles. The fourth-order valence-electron chi connectivity index (χ4n) is 3.86. The standard InChI is InChI=1S/C29H29N3O5/c1-20(28(34)36-18-21-10-4-2-5-11-21)31-27(33)26(16-23-17-30-25-15-9-8-14-24(23)25)32-29(35)37-19-22-12-6-3-7-13-22/h2-15,17,20,26,30H,16,18-19H2,1H3,(H,31,33)(H,32,35)/t20-,26+/m1/s1. The van der Waals surface area contributed by atoms with E-state index in [0.29, 0.717) is 0 Å². The molecule has 37 heavy (non-hydrogen) atoms. The molecule has 0 aliphatic heterocycles. The number of benzene rings is 3. The average molecular weight is 500 g/mol. The number of amides is 2. The van der Waals surface area contributed by atoms with Gasteiger partial charge in [-0.25, -0.2) is 9.59 Å². The smallest absolute Gasteiger partial charge is 0.408 e. The van der Waals surface area contributed by atoms with Gasteiger partial charge in [0.05, 0.1) is 0 Å². The summed E-state index contributed by atoms with van der Waals surface area (Å²) in [6.45, 7) is 1.71. The van der Waals surface area contributed by atoms with E-state index in [0.717, 1.165) is 27.6 Å². The van der Waals surface area contributed by atoms with Crippen molar-refractivity contribution in [3.05, 3.63) is 108 Å². The van der Waals surface area contributed by atoms with E-state index < -0.39 is 30.1 Å². The third-order valence-corrected chi connectivity index (χ3v) is 5.86. The van der Waals surface area contributed by atoms with Crippen LogP contribution in [0.2, 0.25) is 0 Å². The van der Waals surface area contributed by atoms with Gasteiger partial charge >= 0.3 is 12.1 Å². The number of ether oxygens (including phenoxy) is 2. The molecule has 4 rings (SSSR count). The van der Waals surface area contributed by atoms with Crippen molar-refractivity contribution in [2.75, 3.05) is 0 Å². The molecule has 0 unspecified atom stereocenters. The lowest BCUT2D eigenvalue weighted by Crippen LogP contribution is -2.52. The summed E-state index contributed by atoms with van der Waals surface area (Å²) in [7, 11) is 0. The Bertz CT molecular complexity index is 1340. The lowest BCUT2D eigenvalue weighted by atomic mass is 10.0. The number of rotatable bonds is 10. The predicted molar refractivity (Wildman–Crippen MR) is 139 cm³/mol. The maximum Gasteiger partial charge on any atom is 0.408 e. The Labute approximate surface area is 215 Å². The molecule has 0 fully saturated rings. The van der Waals surface area contributed by atoms with Gasteiger partial charge in [0.15, 0.2) is 0 Å². The van der Waals surface area contributed by atoms with E-state index >= 15 is 0 Å². The Morgan fingerprint density at radius 1 is 0.784 bits per heavy atom. The normalized spacial score (nSPS) is 12.4. The molecule has 0 spiro atoms. The van der Waals surface area contributed by atoms with Crippen molar-refractivity contribution in [3.63, 3.8) is 0 Å². The van der Waals surface area contributed by atoms with Gasteiger partial charge in [0.2, 0.25) is 5.91 Å². The van der Waals surface area contributed by atoms with Crippen LogP contribution in [0.3, 0.4) is 0 Å². The van der Waals surface area contributed by atoms with Crippen molar-refractivity contribution < 1.29 is 23.9 Å². The second-order valence-electron chi connectivity index (χ2n) is 8.65. The maximum atomic E-state index is 13.2. The van der Waals surface area contributed by atoms with E-state index in [4.69, 9.17) is 9.47 Å². The lowest BCUT2D eigenvalue weighted by Gasteiger charge is -2.21. The molecule has 2 atom stereocenters. The van der Waals surface area contributed by atoms with Crippen molar-refractivity contribution in [3.8, 4) is 0 Å². The molecule has 1 heterocycles. The molecule has 0 saturated carbocycles. The summed E-state index contributed by atoms with van der Waals surface area (Å²) in [5, 5.41) is 6.25. The van der Waals surface area contributed by atoms with Crippen LogP contribution in [0.1, 0.15) is 23.6 Å². The minimum atomic E-state index is -0.980. The molecule has 3 N–H and O–H groups in total. The van der Waals surface area contributed by atoms with Crippen LogP contribution in [0.4, 0.5) is 4.79 Å². The van der Waals surface area contributed by atoms with Crippen molar-refractivity contribution in [2.24, 2.45) is 0 Å². The van der Waals surface area contributed by atoms with Crippen molar-refractivity contribution in [1.82, 2.24) is 15.6 Å². The Balaban J connectivity index is 1.41. The topological polar surface area (TPSA) is 110 Å². The van der Waals surface area contributed by atoms with Crippen LogP contribution in [-0.4, -0.2) is 35.0 Å². The van der Waals surface area contributed by atoms with E-state index in [-0.39, 0.29) is 19.6 Å². The second kappa shape index (κ2) is 12.4. The summed E-state index contributed by atoms with van der Waals surface area (Å²) in [5.74, 6) is -1.10. The number of nitrogens with one attached hydrogen (secondary N) is 3. The van der Waals surface area contributed by atoms with Gasteiger partial charge in [-0.15, -0.1) is 0 Å². The summed E-state index contributed by atoms with van der Waals surface area (Å²) in [6, 6.07) is 24.3. The van der Waals surface area contributed by atoms with Crippen molar-refractivity contribution >= 4 is 28.9 Å². The van der Waals surface area contributed by atoms with Crippen LogP contribution < -0.4 is 10.6 Å². The number of para-hydroxylation sites is 1. The zero-order valence-corrected chi connectivity index (χ0v) is 20.5. The highest BCUT2D eigenvalue weighted by Crippen LogP contribution is 2.19. The minimum absolute atomic E-state index is 0.0658. The largest absolute Gasteiger partial charge is 0.459 e. The first-order valence-electron chi connectivity index (χ1n) is 12.0. The van der Waals surface area contributed by atoms with Crippen LogP contribution in [-0.2, 0) is 38.7 Å². The highest BCUT2D eigenvalue weighted by molar-refractivity contribution is 5.91. The molecule has 0 bridgehead atoms. The number of hydrogen-bond acceptors (Lipinski definition) is 5. The van der Waals surface area contributed by atoms with E-state index in [9.17, 15) is 14.4 Å². The fraction of sp³-hybridized carbons (Fsp3) is 0.207. The van der Waals surface area contributed by atoms with Crippen LogP contribution in [0, 0.1) is 0 Å². The van der Waals surface area contributed by atoms with Crippen molar-refractivity contribution in [1.29, 1.82) is 0 Å². The molecule has 190 valence electrons. The van der Waals surface area contributed by atoms with E-state index in [1.54, 1.807) is 13.1 Å². The number of hydrogen-bond donors (Lipinski definition) is 3. The maximum absolute atomic E-state index is 13.2. The minimum Gasteiger partial charge on any atom is -0.459 e. The van der Waals surface area contributed by atoms with Gasteiger partial charge in [-0.2, -0.15) is 0 Å². The number of aromatic amines is 1. The van der Waals surface area contributed by atoms with Gasteiger partial charge in [0.1, 0.15) is 25.3 Å². The molecule has 0 aliphatic carbocycles. The molecule has 4 aromatic rings.